The lowest BCUT2D eigenvalue weighted by atomic mass is 9.97. The highest BCUT2D eigenvalue weighted by atomic mass is 32.2. The molecule has 3 heterocycles. The van der Waals surface area contributed by atoms with E-state index in [1.807, 2.05) is 36.6 Å². The van der Waals surface area contributed by atoms with Crippen LogP contribution in [-0.2, 0) is 23.4 Å². The molecule has 0 spiro atoms. The number of aliphatic hydroxyl groups is 1. The van der Waals surface area contributed by atoms with Crippen LogP contribution < -0.4 is 4.90 Å². The van der Waals surface area contributed by atoms with Crippen molar-refractivity contribution in [3.05, 3.63) is 46.6 Å². The van der Waals surface area contributed by atoms with Gasteiger partial charge in [-0.15, -0.1) is 23.1 Å². The summed E-state index contributed by atoms with van der Waals surface area (Å²) in [6.07, 6.45) is 5.50. The third-order valence-corrected chi connectivity index (χ3v) is 8.60. The van der Waals surface area contributed by atoms with E-state index in [-0.39, 0.29) is 5.91 Å². The number of likely N-dealkylation sites (N-methyl/N-ethyl adjacent to an activating group) is 1. The van der Waals surface area contributed by atoms with Crippen molar-refractivity contribution in [2.24, 2.45) is 0 Å². The van der Waals surface area contributed by atoms with E-state index in [0.29, 0.717) is 25.3 Å². The fraction of sp³-hybridized carbons (Fsp3) is 0.480. The van der Waals surface area contributed by atoms with Crippen LogP contribution in [0.15, 0.2) is 35.2 Å². The van der Waals surface area contributed by atoms with Crippen molar-refractivity contribution in [1.29, 1.82) is 0 Å². The van der Waals surface area contributed by atoms with Gasteiger partial charge in [0.05, 0.1) is 17.2 Å². The minimum absolute atomic E-state index is 0.147. The van der Waals surface area contributed by atoms with Gasteiger partial charge < -0.3 is 14.9 Å². The highest BCUT2D eigenvalue weighted by Gasteiger charge is 2.26. The Morgan fingerprint density at radius 3 is 2.76 bits per heavy atom. The van der Waals surface area contributed by atoms with Crippen LogP contribution in [0.2, 0.25) is 0 Å². The number of likely N-dealkylation sites (tertiary alicyclic amines) is 1. The average molecular weight is 483 g/mol. The molecule has 1 aliphatic heterocycles. The summed E-state index contributed by atoms with van der Waals surface area (Å²) in [6.45, 7) is 1.57. The largest absolute Gasteiger partial charge is 0.389 e. The van der Waals surface area contributed by atoms with Crippen LogP contribution in [0.25, 0.3) is 10.2 Å². The fourth-order valence-electron chi connectivity index (χ4n) is 4.80. The molecule has 5 rings (SSSR count). The Balaban J connectivity index is 1.41. The summed E-state index contributed by atoms with van der Waals surface area (Å²) >= 11 is 3.55. The first-order valence-electron chi connectivity index (χ1n) is 11.7. The predicted molar refractivity (Wildman–Crippen MR) is 135 cm³/mol. The van der Waals surface area contributed by atoms with E-state index >= 15 is 0 Å². The lowest BCUT2D eigenvalue weighted by Crippen LogP contribution is -2.40. The second kappa shape index (κ2) is 9.99. The van der Waals surface area contributed by atoms with Crippen LogP contribution in [-0.4, -0.2) is 58.7 Å². The maximum atomic E-state index is 12.0. The summed E-state index contributed by atoms with van der Waals surface area (Å²) in [7, 11) is 2.00. The summed E-state index contributed by atoms with van der Waals surface area (Å²) in [5, 5.41) is 11.9. The Hall–Kier alpha value is -2.16. The molecular weight excluding hydrogens is 452 g/mol. The summed E-state index contributed by atoms with van der Waals surface area (Å²) in [6, 6.07) is 10.3. The van der Waals surface area contributed by atoms with Gasteiger partial charge in [-0.1, -0.05) is 18.2 Å². The first kappa shape index (κ1) is 22.6. The summed E-state index contributed by atoms with van der Waals surface area (Å²) in [5.74, 6) is 2.58. The zero-order chi connectivity index (χ0) is 22.8. The van der Waals surface area contributed by atoms with Crippen molar-refractivity contribution < 1.29 is 9.90 Å². The minimum Gasteiger partial charge on any atom is -0.389 e. The molecule has 0 bridgehead atoms. The number of anilines is 1. The Labute approximate surface area is 203 Å². The van der Waals surface area contributed by atoms with Gasteiger partial charge >= 0.3 is 0 Å². The van der Waals surface area contributed by atoms with Crippen molar-refractivity contribution >= 4 is 45.0 Å². The molecule has 174 valence electrons. The molecule has 1 saturated heterocycles. The zero-order valence-corrected chi connectivity index (χ0v) is 20.6. The molecule has 1 amide bonds. The third-order valence-electron chi connectivity index (χ3n) is 6.40. The number of aryl methyl sites for hydroxylation is 2. The molecule has 3 aromatic rings. The Bertz CT molecular complexity index is 1130. The van der Waals surface area contributed by atoms with E-state index in [0.717, 1.165) is 47.7 Å². The zero-order valence-electron chi connectivity index (χ0n) is 19.0. The number of hydrogen-bond donors (Lipinski definition) is 1. The van der Waals surface area contributed by atoms with E-state index in [4.69, 9.17) is 9.97 Å². The van der Waals surface area contributed by atoms with Gasteiger partial charge in [0.25, 0.3) is 0 Å². The number of carbonyl (C=O) groups is 1. The highest BCUT2D eigenvalue weighted by Crippen LogP contribution is 2.40. The van der Waals surface area contributed by atoms with E-state index in [1.54, 1.807) is 16.7 Å². The predicted octanol–water partition coefficient (Wildman–Crippen LogP) is 4.28. The third kappa shape index (κ3) is 5.03. The first-order chi connectivity index (χ1) is 16.1. The Morgan fingerprint density at radius 1 is 1.15 bits per heavy atom. The molecule has 0 saturated carbocycles. The molecule has 2 aromatic heterocycles. The van der Waals surface area contributed by atoms with Gasteiger partial charge in [0, 0.05) is 42.9 Å². The van der Waals surface area contributed by atoms with Gasteiger partial charge in [-0.3, -0.25) is 4.79 Å². The molecule has 1 fully saturated rings. The molecule has 33 heavy (non-hydrogen) atoms. The maximum Gasteiger partial charge on any atom is 0.222 e. The van der Waals surface area contributed by atoms with E-state index in [2.05, 4.69) is 17.0 Å². The molecule has 8 heteroatoms. The molecule has 2 aliphatic rings. The highest BCUT2D eigenvalue weighted by molar-refractivity contribution is 7.98. The van der Waals surface area contributed by atoms with Gasteiger partial charge in [0.2, 0.25) is 5.91 Å². The van der Waals surface area contributed by atoms with E-state index < -0.39 is 6.10 Å². The fourth-order valence-corrected chi connectivity index (χ4v) is 6.85. The number of amides is 1. The normalized spacial score (nSPS) is 16.9. The van der Waals surface area contributed by atoms with Gasteiger partial charge in [0.15, 0.2) is 0 Å². The van der Waals surface area contributed by atoms with Gasteiger partial charge in [-0.25, -0.2) is 9.97 Å². The second-order valence-electron chi connectivity index (χ2n) is 8.93. The number of nitrogens with zero attached hydrogens (tertiary/aromatic N) is 4. The summed E-state index contributed by atoms with van der Waals surface area (Å²) < 4.78 is 0. The SMILES string of the molecule is CN(C[C@H](O)CN1CCCC1=O)c1nc(CSc2ccccc2)nc2sc3c(c12)CCCC3. The second-order valence-corrected chi connectivity index (χ2v) is 11.1. The standard InChI is InChI=1S/C25H30N4O2S2/c1-28(14-17(30)15-29-13-7-12-22(29)31)24-23-19-10-5-6-11-20(19)33-25(23)27-21(26-24)16-32-18-8-3-2-4-9-18/h2-4,8-9,17,30H,5-7,10-16H2,1H3/t17-/m0/s1. The van der Waals surface area contributed by atoms with Crippen molar-refractivity contribution in [1.82, 2.24) is 14.9 Å². The number of thiophene rings is 1. The summed E-state index contributed by atoms with van der Waals surface area (Å²) in [4.78, 5) is 29.5. The van der Waals surface area contributed by atoms with Gasteiger partial charge in [0.1, 0.15) is 16.5 Å². The molecule has 6 nitrogen and oxygen atoms in total. The van der Waals surface area contributed by atoms with Crippen LogP contribution >= 0.6 is 23.1 Å². The quantitative estimate of drug-likeness (QED) is 0.483. The number of hydrogen-bond acceptors (Lipinski definition) is 7. The van der Waals surface area contributed by atoms with Crippen LogP contribution in [0.1, 0.15) is 41.9 Å². The molecule has 0 radical (unpaired) electrons. The Kier molecular flexibility index (Phi) is 6.85. The van der Waals surface area contributed by atoms with Crippen molar-refractivity contribution in [2.75, 3.05) is 31.6 Å². The van der Waals surface area contributed by atoms with Crippen LogP contribution in [0.4, 0.5) is 5.82 Å². The van der Waals surface area contributed by atoms with E-state index in [1.165, 1.54) is 28.2 Å². The van der Waals surface area contributed by atoms with Crippen LogP contribution in [0.5, 0.6) is 0 Å². The van der Waals surface area contributed by atoms with Crippen molar-refractivity contribution in [3.63, 3.8) is 0 Å². The average Bonchev–Trinajstić information content (AvgIpc) is 3.40. The topological polar surface area (TPSA) is 69.6 Å². The first-order valence-corrected chi connectivity index (χ1v) is 13.5. The smallest absolute Gasteiger partial charge is 0.222 e. The summed E-state index contributed by atoms with van der Waals surface area (Å²) in [5.41, 5.74) is 1.40. The number of benzene rings is 1. The monoisotopic (exact) mass is 482 g/mol. The number of rotatable bonds is 8. The number of aliphatic hydroxyl groups excluding tert-OH is 1. The number of fused-ring (bicyclic) bond motifs is 3. The molecule has 1 aromatic carbocycles. The van der Waals surface area contributed by atoms with Crippen molar-refractivity contribution in [3.8, 4) is 0 Å². The lowest BCUT2D eigenvalue weighted by molar-refractivity contribution is -0.128. The van der Waals surface area contributed by atoms with Gasteiger partial charge in [-0.05, 0) is 49.8 Å². The molecular formula is C25H30N4O2S2. The number of aromatic nitrogens is 2. The van der Waals surface area contributed by atoms with Crippen molar-refractivity contribution in [2.45, 2.75) is 55.3 Å². The number of carbonyl (C=O) groups excluding carboxylic acids is 1. The lowest BCUT2D eigenvalue weighted by Gasteiger charge is -2.26. The molecule has 0 unspecified atom stereocenters. The Morgan fingerprint density at radius 2 is 1.97 bits per heavy atom. The van der Waals surface area contributed by atoms with Gasteiger partial charge in [-0.2, -0.15) is 0 Å². The molecule has 1 N–H and O–H groups in total. The minimum atomic E-state index is -0.612. The maximum absolute atomic E-state index is 12.0. The van der Waals surface area contributed by atoms with Crippen LogP contribution in [0.3, 0.4) is 0 Å². The number of thioether (sulfide) groups is 1. The van der Waals surface area contributed by atoms with E-state index in [9.17, 15) is 9.90 Å². The molecule has 1 atom stereocenters. The molecule has 1 aliphatic carbocycles. The van der Waals surface area contributed by atoms with Crippen LogP contribution in [0, 0.1) is 0 Å². The number of β-amino-alcohol motifs (C(OH)–C–C–N with tert-alkyl or cyclic N) is 1.